The smallest absolute Gasteiger partial charge is 0.408 e. The molecule has 0 saturated heterocycles. The molecular weight excluding hydrogens is 424 g/mol. The highest BCUT2D eigenvalue weighted by molar-refractivity contribution is 5.96. The first-order valence-electron chi connectivity index (χ1n) is 10.4. The summed E-state index contributed by atoms with van der Waals surface area (Å²) in [4.78, 5) is 37.6. The highest BCUT2D eigenvalue weighted by atomic mass is 16.5. The van der Waals surface area contributed by atoms with E-state index in [1.54, 1.807) is 6.07 Å². The molecule has 0 aliphatic heterocycles. The largest absolute Gasteiger partial charge is 0.496 e. The second-order valence-corrected chi connectivity index (χ2v) is 7.30. The molecule has 8 heteroatoms. The Kier molecular flexibility index (Phi) is 7.86. The Bertz CT molecular complexity index is 1130. The molecule has 0 radical (unpaired) electrons. The Morgan fingerprint density at radius 1 is 0.879 bits per heavy atom. The van der Waals surface area contributed by atoms with E-state index >= 15 is 0 Å². The third-order valence-corrected chi connectivity index (χ3v) is 5.10. The summed E-state index contributed by atoms with van der Waals surface area (Å²) in [5.41, 5.74) is 1.29. The van der Waals surface area contributed by atoms with E-state index in [-0.39, 0.29) is 6.61 Å². The van der Waals surface area contributed by atoms with Crippen molar-refractivity contribution < 1.29 is 28.6 Å². The van der Waals surface area contributed by atoms with Crippen LogP contribution in [0.1, 0.15) is 24.1 Å². The van der Waals surface area contributed by atoms with Crippen LogP contribution >= 0.6 is 0 Å². The Morgan fingerprint density at radius 3 is 2.27 bits per heavy atom. The van der Waals surface area contributed by atoms with Gasteiger partial charge in [0.2, 0.25) is 5.91 Å². The lowest BCUT2D eigenvalue weighted by atomic mass is 9.97. The predicted octanol–water partition coefficient (Wildman–Crippen LogP) is 3.49. The maximum Gasteiger partial charge on any atom is 0.408 e. The van der Waals surface area contributed by atoms with E-state index in [0.29, 0.717) is 11.3 Å². The molecule has 0 heterocycles. The van der Waals surface area contributed by atoms with Crippen molar-refractivity contribution in [1.82, 2.24) is 10.6 Å². The fourth-order valence-electron chi connectivity index (χ4n) is 3.39. The van der Waals surface area contributed by atoms with Crippen LogP contribution in [0.5, 0.6) is 5.75 Å². The monoisotopic (exact) mass is 450 g/mol. The molecule has 1 unspecified atom stereocenters. The van der Waals surface area contributed by atoms with Crippen LogP contribution in [0.3, 0.4) is 0 Å². The molecule has 172 valence electrons. The second kappa shape index (κ2) is 11.0. The first kappa shape index (κ1) is 23.6. The molecule has 0 saturated carbocycles. The fraction of sp³-hybridized carbons (Fsp3) is 0.240. The number of carbonyl (C=O) groups is 3. The van der Waals surface area contributed by atoms with Gasteiger partial charge in [0.15, 0.2) is 6.04 Å². The van der Waals surface area contributed by atoms with Crippen molar-refractivity contribution in [3.05, 3.63) is 77.9 Å². The standard InChI is InChI=1S/C25H26N2O6/c1-16(26-25(30)33-15-17-9-5-4-6-10-17)23(28)27-22(24(29)32-3)21-19-12-8-7-11-18(19)13-14-20(21)31-2/h4-14,16,22H,15H2,1-3H3,(H,26,30)(H,27,28)/t16-,22?/m0/s1. The Labute approximate surface area is 191 Å². The molecule has 2 N–H and O–H groups in total. The third kappa shape index (κ3) is 5.79. The lowest BCUT2D eigenvalue weighted by Gasteiger charge is -2.23. The van der Waals surface area contributed by atoms with Crippen LogP contribution in [0.15, 0.2) is 66.7 Å². The molecule has 3 aromatic carbocycles. The van der Waals surface area contributed by atoms with Gasteiger partial charge in [-0.15, -0.1) is 0 Å². The molecule has 0 aliphatic rings. The minimum atomic E-state index is -1.15. The zero-order chi connectivity index (χ0) is 23.8. The summed E-state index contributed by atoms with van der Waals surface area (Å²) in [6, 6.07) is 18.1. The summed E-state index contributed by atoms with van der Waals surface area (Å²) in [6.07, 6.45) is -0.751. The van der Waals surface area contributed by atoms with Gasteiger partial charge in [-0.25, -0.2) is 9.59 Å². The van der Waals surface area contributed by atoms with Gasteiger partial charge in [-0.05, 0) is 29.3 Å². The fourth-order valence-corrected chi connectivity index (χ4v) is 3.39. The van der Waals surface area contributed by atoms with E-state index in [2.05, 4.69) is 10.6 Å². The van der Waals surface area contributed by atoms with Crippen LogP contribution in [-0.2, 0) is 25.7 Å². The summed E-state index contributed by atoms with van der Waals surface area (Å²) in [5, 5.41) is 6.74. The van der Waals surface area contributed by atoms with Crippen molar-refractivity contribution in [1.29, 1.82) is 0 Å². The van der Waals surface area contributed by atoms with E-state index in [1.165, 1.54) is 21.1 Å². The normalized spacial score (nSPS) is 12.3. The van der Waals surface area contributed by atoms with Crippen molar-refractivity contribution in [2.75, 3.05) is 14.2 Å². The predicted molar refractivity (Wildman–Crippen MR) is 123 cm³/mol. The molecule has 33 heavy (non-hydrogen) atoms. The van der Waals surface area contributed by atoms with Crippen molar-refractivity contribution >= 4 is 28.7 Å². The number of hydrogen-bond donors (Lipinski definition) is 2. The average molecular weight is 450 g/mol. The van der Waals surface area contributed by atoms with Crippen LogP contribution in [0.2, 0.25) is 0 Å². The van der Waals surface area contributed by atoms with Gasteiger partial charge in [-0.1, -0.05) is 60.7 Å². The van der Waals surface area contributed by atoms with Gasteiger partial charge in [0.1, 0.15) is 18.4 Å². The summed E-state index contributed by atoms with van der Waals surface area (Å²) in [5.74, 6) is -0.832. The number of benzene rings is 3. The molecule has 3 rings (SSSR count). The molecular formula is C25H26N2O6. The lowest BCUT2D eigenvalue weighted by molar-refractivity contribution is -0.145. The molecule has 3 aromatic rings. The molecule has 0 fully saturated rings. The number of alkyl carbamates (subject to hydrolysis) is 1. The molecule has 2 atom stereocenters. The average Bonchev–Trinajstić information content (AvgIpc) is 2.85. The Morgan fingerprint density at radius 2 is 1.58 bits per heavy atom. The van der Waals surface area contributed by atoms with E-state index in [1.807, 2.05) is 60.7 Å². The minimum Gasteiger partial charge on any atom is -0.496 e. The topological polar surface area (TPSA) is 103 Å². The van der Waals surface area contributed by atoms with Crippen molar-refractivity contribution in [3.8, 4) is 5.75 Å². The number of carbonyl (C=O) groups excluding carboxylic acids is 3. The number of amides is 2. The van der Waals surface area contributed by atoms with Crippen LogP contribution < -0.4 is 15.4 Å². The number of esters is 1. The molecule has 0 bridgehead atoms. The molecule has 0 aliphatic carbocycles. The molecule has 0 aromatic heterocycles. The van der Waals surface area contributed by atoms with Gasteiger partial charge in [0, 0.05) is 5.56 Å². The minimum absolute atomic E-state index is 0.0685. The zero-order valence-electron chi connectivity index (χ0n) is 18.7. The highest BCUT2D eigenvalue weighted by Gasteiger charge is 2.30. The summed E-state index contributed by atoms with van der Waals surface area (Å²) < 4.78 is 15.6. The van der Waals surface area contributed by atoms with Crippen LogP contribution in [-0.4, -0.2) is 38.2 Å². The van der Waals surface area contributed by atoms with Gasteiger partial charge in [0.25, 0.3) is 0 Å². The lowest BCUT2D eigenvalue weighted by Crippen LogP contribution is -2.47. The maximum absolute atomic E-state index is 12.9. The van der Waals surface area contributed by atoms with E-state index in [4.69, 9.17) is 14.2 Å². The van der Waals surface area contributed by atoms with Gasteiger partial charge in [0.05, 0.1) is 14.2 Å². The summed E-state index contributed by atoms with van der Waals surface area (Å²) >= 11 is 0. The van der Waals surface area contributed by atoms with Crippen molar-refractivity contribution in [2.24, 2.45) is 0 Å². The third-order valence-electron chi connectivity index (χ3n) is 5.10. The summed E-state index contributed by atoms with van der Waals surface area (Å²) in [6.45, 7) is 1.56. The Hall–Kier alpha value is -4.07. The molecule has 8 nitrogen and oxygen atoms in total. The zero-order valence-corrected chi connectivity index (χ0v) is 18.7. The van der Waals surface area contributed by atoms with E-state index < -0.39 is 30.1 Å². The first-order chi connectivity index (χ1) is 15.9. The molecule has 0 spiro atoms. The van der Waals surface area contributed by atoms with Crippen LogP contribution in [0.4, 0.5) is 4.79 Å². The number of rotatable bonds is 8. The number of hydrogen-bond acceptors (Lipinski definition) is 6. The number of methoxy groups -OCH3 is 2. The number of ether oxygens (including phenoxy) is 3. The first-order valence-corrected chi connectivity index (χ1v) is 10.4. The van der Waals surface area contributed by atoms with Gasteiger partial charge in [-0.3, -0.25) is 4.79 Å². The van der Waals surface area contributed by atoms with Crippen LogP contribution in [0.25, 0.3) is 10.8 Å². The van der Waals surface area contributed by atoms with E-state index in [9.17, 15) is 14.4 Å². The highest BCUT2D eigenvalue weighted by Crippen LogP contribution is 2.33. The molecule has 2 amide bonds. The second-order valence-electron chi connectivity index (χ2n) is 7.30. The number of fused-ring (bicyclic) bond motifs is 1. The van der Waals surface area contributed by atoms with E-state index in [0.717, 1.165) is 16.3 Å². The maximum atomic E-state index is 12.9. The van der Waals surface area contributed by atoms with Crippen LogP contribution in [0, 0.1) is 0 Å². The summed E-state index contributed by atoms with van der Waals surface area (Å²) in [7, 11) is 2.72. The SMILES string of the molecule is COC(=O)C(NC(=O)[C@H](C)NC(=O)OCc1ccccc1)c1c(OC)ccc2ccccc12. The van der Waals surface area contributed by atoms with Crippen molar-refractivity contribution in [3.63, 3.8) is 0 Å². The van der Waals surface area contributed by atoms with Gasteiger partial charge < -0.3 is 24.8 Å². The van der Waals surface area contributed by atoms with Gasteiger partial charge in [-0.2, -0.15) is 0 Å². The van der Waals surface area contributed by atoms with Crippen molar-refractivity contribution in [2.45, 2.75) is 25.6 Å². The number of nitrogens with one attached hydrogen (secondary N) is 2. The Balaban J connectivity index is 1.76. The van der Waals surface area contributed by atoms with Gasteiger partial charge >= 0.3 is 12.1 Å². The quantitative estimate of drug-likeness (QED) is 0.509.